The smallest absolute Gasteiger partial charge is 0.266 e. The number of carbonyl (C=O) groups is 2. The van der Waals surface area contributed by atoms with Crippen molar-refractivity contribution >= 4 is 17.5 Å². The molecule has 0 aliphatic carbocycles. The van der Waals surface area contributed by atoms with Gasteiger partial charge in [-0.25, -0.2) is 4.68 Å². The van der Waals surface area contributed by atoms with Crippen LogP contribution in [-0.4, -0.2) is 43.4 Å². The number of nitrogens with zero attached hydrogens (tertiary/aromatic N) is 4. The highest BCUT2D eigenvalue weighted by atomic mass is 16.6. The third-order valence-electron chi connectivity index (χ3n) is 4.17. The number of ether oxygens (including phenoxy) is 1. The van der Waals surface area contributed by atoms with Crippen LogP contribution in [0.15, 0.2) is 30.5 Å². The van der Waals surface area contributed by atoms with Gasteiger partial charge in [-0.05, 0) is 12.1 Å². The predicted molar refractivity (Wildman–Crippen MR) is 97.0 cm³/mol. The minimum absolute atomic E-state index is 0.0520. The Kier molecular flexibility index (Phi) is 5.25. The van der Waals surface area contributed by atoms with Gasteiger partial charge in [-0.1, -0.05) is 17.3 Å². The minimum Gasteiger partial charge on any atom is -0.478 e. The van der Waals surface area contributed by atoms with Gasteiger partial charge in [-0.15, -0.1) is 5.10 Å². The van der Waals surface area contributed by atoms with Crippen LogP contribution in [-0.2, 0) is 22.7 Å². The van der Waals surface area contributed by atoms with Crippen molar-refractivity contribution in [2.75, 3.05) is 5.32 Å². The second-order valence-electron chi connectivity index (χ2n) is 7.05. The molecule has 0 bridgehead atoms. The molecule has 2 amide bonds. The van der Waals surface area contributed by atoms with Crippen LogP contribution in [0.4, 0.5) is 5.69 Å². The van der Waals surface area contributed by atoms with Crippen molar-refractivity contribution in [1.82, 2.24) is 20.3 Å². The van der Waals surface area contributed by atoms with E-state index in [0.717, 1.165) is 0 Å². The van der Waals surface area contributed by atoms with Gasteiger partial charge in [0, 0.05) is 18.8 Å². The van der Waals surface area contributed by atoms with E-state index in [0.29, 0.717) is 17.1 Å². The highest BCUT2D eigenvalue weighted by Crippen LogP contribution is 2.29. The number of nitro groups is 1. The van der Waals surface area contributed by atoms with Gasteiger partial charge < -0.3 is 15.4 Å². The third-order valence-corrected chi connectivity index (χ3v) is 4.17. The van der Waals surface area contributed by atoms with Gasteiger partial charge in [0.2, 0.25) is 11.4 Å². The zero-order chi connectivity index (χ0) is 20.3. The Morgan fingerprint density at radius 2 is 2.18 bits per heavy atom. The molecule has 1 unspecified atom stereocenters. The van der Waals surface area contributed by atoms with E-state index in [1.807, 2.05) is 0 Å². The number of amides is 2. The summed E-state index contributed by atoms with van der Waals surface area (Å²) in [6, 6.07) is 6.98. The Labute approximate surface area is 160 Å². The number of hydrogen-bond donors (Lipinski definition) is 2. The molecule has 1 aliphatic rings. The van der Waals surface area contributed by atoms with Crippen LogP contribution in [0.3, 0.4) is 0 Å². The van der Waals surface area contributed by atoms with E-state index in [1.54, 1.807) is 24.3 Å². The number of anilines is 1. The van der Waals surface area contributed by atoms with E-state index in [2.05, 4.69) is 20.9 Å². The van der Waals surface area contributed by atoms with Crippen molar-refractivity contribution in [3.8, 4) is 5.75 Å². The van der Waals surface area contributed by atoms with Crippen LogP contribution in [0.2, 0.25) is 0 Å². The average Bonchev–Trinajstić information content (AvgIpc) is 3.07. The molecule has 28 heavy (non-hydrogen) atoms. The largest absolute Gasteiger partial charge is 0.478 e. The van der Waals surface area contributed by atoms with Crippen LogP contribution in [0.5, 0.6) is 5.75 Å². The van der Waals surface area contributed by atoms with Crippen LogP contribution >= 0.6 is 0 Å². The summed E-state index contributed by atoms with van der Waals surface area (Å²) < 4.78 is 6.94. The summed E-state index contributed by atoms with van der Waals surface area (Å²) in [5, 5.41) is 24.0. The summed E-state index contributed by atoms with van der Waals surface area (Å²) in [6.45, 7) is 3.12. The summed E-state index contributed by atoms with van der Waals surface area (Å²) in [4.78, 5) is 34.8. The molecule has 2 heterocycles. The molecular weight excluding hydrogens is 368 g/mol. The van der Waals surface area contributed by atoms with E-state index in [1.165, 1.54) is 24.7 Å². The summed E-state index contributed by atoms with van der Waals surface area (Å²) in [5.74, 6) is -0.266. The lowest BCUT2D eigenvalue weighted by molar-refractivity contribution is -0.563. The maximum atomic E-state index is 12.2. The molecule has 3 rings (SSSR count). The summed E-state index contributed by atoms with van der Waals surface area (Å²) in [5.41, 5.74) is -0.166. The second-order valence-corrected chi connectivity index (χ2v) is 7.05. The number of benzene rings is 1. The highest BCUT2D eigenvalue weighted by Gasteiger charge is 2.32. The lowest BCUT2D eigenvalue weighted by Crippen LogP contribution is -2.40. The zero-order valence-corrected chi connectivity index (χ0v) is 15.4. The normalized spacial score (nSPS) is 15.9. The van der Waals surface area contributed by atoms with E-state index < -0.39 is 11.6 Å². The molecule has 1 atom stereocenters. The van der Waals surface area contributed by atoms with Gasteiger partial charge >= 0.3 is 0 Å². The molecule has 2 aromatic rings. The molecule has 0 saturated heterocycles. The second kappa shape index (κ2) is 7.62. The maximum Gasteiger partial charge on any atom is 0.266 e. The Balaban J connectivity index is 1.51. The molecule has 11 heteroatoms. The quantitative estimate of drug-likeness (QED) is 0.526. The predicted octanol–water partition coefficient (Wildman–Crippen LogP) is 0.739. The monoisotopic (exact) mass is 388 g/mol. The van der Waals surface area contributed by atoms with Crippen molar-refractivity contribution in [1.29, 1.82) is 0 Å². The first-order chi connectivity index (χ1) is 13.2. The molecular formula is C17H20N6O5. The van der Waals surface area contributed by atoms with Crippen LogP contribution in [0.25, 0.3) is 0 Å². The number of fused-ring (bicyclic) bond motifs is 1. The molecule has 148 valence electrons. The fraction of sp³-hybridized carbons (Fsp3) is 0.412. The molecule has 0 saturated carbocycles. The molecule has 11 nitrogen and oxygen atoms in total. The van der Waals surface area contributed by atoms with Gasteiger partial charge in [0.15, 0.2) is 6.10 Å². The number of nitrogens with one attached hydrogen (secondary N) is 2. The fourth-order valence-corrected chi connectivity index (χ4v) is 2.61. The first kappa shape index (κ1) is 19.3. The summed E-state index contributed by atoms with van der Waals surface area (Å²) in [6.07, 6.45) is 0.459. The number of para-hydroxylation sites is 2. The van der Waals surface area contributed by atoms with Gasteiger partial charge in [0.25, 0.3) is 5.91 Å². The molecule has 1 aromatic carbocycles. The molecule has 1 aromatic heterocycles. The SMILES string of the molecule is CC(C)(Cn1cc(CNC(=O)CC2Oc3ccccc3NC2=O)nn1)[N+](=O)[O-]. The molecule has 1 aliphatic heterocycles. The first-order valence-electron chi connectivity index (χ1n) is 8.61. The zero-order valence-electron chi connectivity index (χ0n) is 15.4. The summed E-state index contributed by atoms with van der Waals surface area (Å²) >= 11 is 0. The van der Waals surface area contributed by atoms with Crippen LogP contribution in [0, 0.1) is 10.1 Å². The van der Waals surface area contributed by atoms with E-state index in [9.17, 15) is 19.7 Å². The molecule has 0 radical (unpaired) electrons. The van der Waals surface area contributed by atoms with Crippen molar-refractivity contribution in [3.05, 3.63) is 46.3 Å². The molecule has 2 N–H and O–H groups in total. The van der Waals surface area contributed by atoms with Crippen molar-refractivity contribution in [2.24, 2.45) is 0 Å². The van der Waals surface area contributed by atoms with Crippen molar-refractivity contribution < 1.29 is 19.2 Å². The minimum atomic E-state index is -1.18. The highest BCUT2D eigenvalue weighted by molar-refractivity contribution is 5.99. The first-order valence-corrected chi connectivity index (χ1v) is 8.61. The standard InChI is InChI=1S/C17H20N6O5/c1-17(2,23(26)27)10-22-9-11(20-21-22)8-18-15(24)7-14-16(25)19-12-5-3-4-6-13(12)28-14/h3-6,9,14H,7-8,10H2,1-2H3,(H,18,24)(H,19,25). The molecule has 0 fully saturated rings. The number of aromatic nitrogens is 3. The van der Waals surface area contributed by atoms with E-state index in [-0.39, 0.29) is 36.2 Å². The Bertz CT molecular complexity index is 909. The third kappa shape index (κ3) is 4.42. The van der Waals surface area contributed by atoms with E-state index in [4.69, 9.17) is 4.74 Å². The van der Waals surface area contributed by atoms with Crippen LogP contribution in [0.1, 0.15) is 26.0 Å². The fourth-order valence-electron chi connectivity index (χ4n) is 2.61. The Morgan fingerprint density at radius 1 is 1.43 bits per heavy atom. The van der Waals surface area contributed by atoms with Gasteiger partial charge in [-0.2, -0.15) is 0 Å². The van der Waals surface area contributed by atoms with Crippen molar-refractivity contribution in [3.63, 3.8) is 0 Å². The lowest BCUT2D eigenvalue weighted by atomic mass is 10.1. The molecule has 0 spiro atoms. The van der Waals surface area contributed by atoms with Crippen molar-refractivity contribution in [2.45, 2.75) is 45.0 Å². The number of carbonyl (C=O) groups excluding carboxylic acids is 2. The van der Waals surface area contributed by atoms with Gasteiger partial charge in [0.05, 0.1) is 24.8 Å². The van der Waals surface area contributed by atoms with Gasteiger partial charge in [0.1, 0.15) is 18.0 Å². The topological polar surface area (TPSA) is 141 Å². The number of rotatable bonds is 7. The van der Waals surface area contributed by atoms with Crippen LogP contribution < -0.4 is 15.4 Å². The average molecular weight is 388 g/mol. The van der Waals surface area contributed by atoms with Gasteiger partial charge in [-0.3, -0.25) is 19.7 Å². The Morgan fingerprint density at radius 3 is 2.93 bits per heavy atom. The lowest BCUT2D eigenvalue weighted by Gasteiger charge is -2.25. The van der Waals surface area contributed by atoms with E-state index >= 15 is 0 Å². The Hall–Kier alpha value is -3.50. The summed E-state index contributed by atoms with van der Waals surface area (Å²) in [7, 11) is 0. The maximum absolute atomic E-state index is 12.2. The number of hydrogen-bond acceptors (Lipinski definition) is 7.